The van der Waals surface area contributed by atoms with Crippen LogP contribution in [0.25, 0.3) is 0 Å². The molecule has 0 aromatic carbocycles. The van der Waals surface area contributed by atoms with Gasteiger partial charge in [0.05, 0.1) is 0 Å². The Morgan fingerprint density at radius 1 is 1.19 bits per heavy atom. The zero-order valence-electron chi connectivity index (χ0n) is 13.7. The standard InChI is InChI=1S/C18H31NO2/c1-3-4-5-6-7-8-11-20-14-18-12-16(15(2)21-18)13-19-17-9-10-17/h12,17,19H,3-11,13-14H2,1-2H3. The molecule has 1 fully saturated rings. The normalized spacial score (nSPS) is 14.8. The maximum atomic E-state index is 5.76. The highest BCUT2D eigenvalue weighted by Gasteiger charge is 2.20. The zero-order chi connectivity index (χ0) is 14.9. The molecule has 1 aromatic heterocycles. The molecule has 1 saturated carbocycles. The van der Waals surface area contributed by atoms with Gasteiger partial charge in [0.2, 0.25) is 0 Å². The molecule has 0 spiro atoms. The second-order valence-electron chi connectivity index (χ2n) is 6.27. The highest BCUT2D eigenvalue weighted by atomic mass is 16.5. The average molecular weight is 293 g/mol. The number of nitrogens with one attached hydrogen (secondary N) is 1. The van der Waals surface area contributed by atoms with Crippen molar-refractivity contribution in [2.75, 3.05) is 6.61 Å². The average Bonchev–Trinajstić information content (AvgIpc) is 3.23. The van der Waals surface area contributed by atoms with Crippen molar-refractivity contribution in [2.45, 2.75) is 84.4 Å². The minimum absolute atomic E-state index is 0.610. The third-order valence-electron chi connectivity index (χ3n) is 4.12. The van der Waals surface area contributed by atoms with E-state index in [2.05, 4.69) is 18.3 Å². The summed E-state index contributed by atoms with van der Waals surface area (Å²) in [6.45, 7) is 6.68. The van der Waals surface area contributed by atoms with Crippen LogP contribution in [0.1, 0.15) is 75.4 Å². The summed E-state index contributed by atoms with van der Waals surface area (Å²) < 4.78 is 11.5. The predicted octanol–water partition coefficient (Wildman–Crippen LogP) is 4.72. The van der Waals surface area contributed by atoms with Crippen molar-refractivity contribution in [1.82, 2.24) is 5.32 Å². The van der Waals surface area contributed by atoms with Crippen LogP contribution < -0.4 is 5.32 Å². The summed E-state index contributed by atoms with van der Waals surface area (Å²) in [5.41, 5.74) is 1.28. The van der Waals surface area contributed by atoms with E-state index in [1.807, 2.05) is 6.92 Å². The van der Waals surface area contributed by atoms with Gasteiger partial charge in [0.15, 0.2) is 0 Å². The molecule has 1 heterocycles. The van der Waals surface area contributed by atoms with E-state index < -0.39 is 0 Å². The molecule has 3 nitrogen and oxygen atoms in total. The van der Waals surface area contributed by atoms with Gasteiger partial charge in [-0.1, -0.05) is 39.0 Å². The van der Waals surface area contributed by atoms with Crippen LogP contribution in [0.4, 0.5) is 0 Å². The molecule has 3 heteroatoms. The third-order valence-corrected chi connectivity index (χ3v) is 4.12. The molecule has 1 aliphatic rings. The van der Waals surface area contributed by atoms with Crippen molar-refractivity contribution in [3.8, 4) is 0 Å². The summed E-state index contributed by atoms with van der Waals surface area (Å²) in [5.74, 6) is 1.99. The van der Waals surface area contributed by atoms with Crippen LogP contribution in [-0.2, 0) is 17.9 Å². The first-order valence-corrected chi connectivity index (χ1v) is 8.69. The van der Waals surface area contributed by atoms with Gasteiger partial charge < -0.3 is 14.5 Å². The lowest BCUT2D eigenvalue weighted by molar-refractivity contribution is 0.102. The Balaban J connectivity index is 1.54. The maximum Gasteiger partial charge on any atom is 0.130 e. The number of aryl methyl sites for hydroxylation is 1. The van der Waals surface area contributed by atoms with Gasteiger partial charge in [0.1, 0.15) is 18.1 Å². The van der Waals surface area contributed by atoms with Gasteiger partial charge in [0, 0.05) is 24.8 Å². The van der Waals surface area contributed by atoms with Gasteiger partial charge in [-0.15, -0.1) is 0 Å². The second-order valence-corrected chi connectivity index (χ2v) is 6.27. The van der Waals surface area contributed by atoms with Crippen LogP contribution in [0.5, 0.6) is 0 Å². The molecule has 0 radical (unpaired) electrons. The van der Waals surface area contributed by atoms with Crippen molar-refractivity contribution in [2.24, 2.45) is 0 Å². The summed E-state index contributed by atoms with van der Waals surface area (Å²) in [4.78, 5) is 0. The van der Waals surface area contributed by atoms with Crippen molar-refractivity contribution >= 4 is 0 Å². The molecule has 1 aromatic rings. The highest BCUT2D eigenvalue weighted by Crippen LogP contribution is 2.21. The first kappa shape index (κ1) is 16.6. The molecule has 2 rings (SSSR count). The lowest BCUT2D eigenvalue weighted by Gasteiger charge is -2.02. The van der Waals surface area contributed by atoms with Crippen molar-refractivity contribution < 1.29 is 9.15 Å². The van der Waals surface area contributed by atoms with Gasteiger partial charge in [0.25, 0.3) is 0 Å². The van der Waals surface area contributed by atoms with Crippen molar-refractivity contribution in [3.05, 3.63) is 23.2 Å². The molecule has 0 amide bonds. The molecular formula is C18H31NO2. The van der Waals surface area contributed by atoms with Gasteiger partial charge in [-0.25, -0.2) is 0 Å². The summed E-state index contributed by atoms with van der Waals surface area (Å²) in [5, 5.41) is 3.53. The molecule has 120 valence electrons. The lowest BCUT2D eigenvalue weighted by atomic mass is 10.1. The quantitative estimate of drug-likeness (QED) is 0.566. The Bertz CT molecular complexity index is 396. The Labute approximate surface area is 129 Å². The number of ether oxygens (including phenoxy) is 1. The highest BCUT2D eigenvalue weighted by molar-refractivity contribution is 5.20. The number of furan rings is 1. The number of rotatable bonds is 12. The van der Waals surface area contributed by atoms with Crippen LogP contribution in [0.3, 0.4) is 0 Å². The zero-order valence-corrected chi connectivity index (χ0v) is 13.7. The molecule has 0 bridgehead atoms. The van der Waals surface area contributed by atoms with Gasteiger partial charge >= 0.3 is 0 Å². The third kappa shape index (κ3) is 6.66. The predicted molar refractivity (Wildman–Crippen MR) is 86.3 cm³/mol. The van der Waals surface area contributed by atoms with Crippen LogP contribution in [-0.4, -0.2) is 12.6 Å². The number of hydrogen-bond acceptors (Lipinski definition) is 3. The minimum Gasteiger partial charge on any atom is -0.464 e. The SMILES string of the molecule is CCCCCCCCOCc1cc(CNC2CC2)c(C)o1. The topological polar surface area (TPSA) is 34.4 Å². The number of hydrogen-bond donors (Lipinski definition) is 1. The van der Waals surface area contributed by atoms with Crippen LogP contribution in [0.2, 0.25) is 0 Å². The Hall–Kier alpha value is -0.800. The van der Waals surface area contributed by atoms with E-state index in [0.29, 0.717) is 6.61 Å². The van der Waals surface area contributed by atoms with E-state index in [-0.39, 0.29) is 0 Å². The van der Waals surface area contributed by atoms with Crippen LogP contribution in [0.15, 0.2) is 10.5 Å². The Morgan fingerprint density at radius 2 is 1.95 bits per heavy atom. The molecule has 0 aliphatic heterocycles. The van der Waals surface area contributed by atoms with Crippen molar-refractivity contribution in [1.29, 1.82) is 0 Å². The fourth-order valence-corrected chi connectivity index (χ4v) is 2.53. The summed E-state index contributed by atoms with van der Waals surface area (Å²) in [6.07, 6.45) is 10.5. The van der Waals surface area contributed by atoms with E-state index in [9.17, 15) is 0 Å². The smallest absolute Gasteiger partial charge is 0.130 e. The van der Waals surface area contributed by atoms with Gasteiger partial charge in [-0.2, -0.15) is 0 Å². The fraction of sp³-hybridized carbons (Fsp3) is 0.778. The minimum atomic E-state index is 0.610. The van der Waals surface area contributed by atoms with E-state index >= 15 is 0 Å². The monoisotopic (exact) mass is 293 g/mol. The largest absolute Gasteiger partial charge is 0.464 e. The van der Waals surface area contributed by atoms with Gasteiger partial charge in [-0.3, -0.25) is 0 Å². The van der Waals surface area contributed by atoms with Gasteiger partial charge in [-0.05, 0) is 32.3 Å². The molecular weight excluding hydrogens is 262 g/mol. The molecule has 0 saturated heterocycles. The molecule has 0 unspecified atom stereocenters. The van der Waals surface area contributed by atoms with Crippen LogP contribution in [0, 0.1) is 6.92 Å². The van der Waals surface area contributed by atoms with E-state index in [1.165, 1.54) is 56.9 Å². The molecule has 1 N–H and O–H groups in total. The maximum absolute atomic E-state index is 5.76. The van der Waals surface area contributed by atoms with E-state index in [1.54, 1.807) is 0 Å². The lowest BCUT2D eigenvalue weighted by Crippen LogP contribution is -2.15. The first-order valence-electron chi connectivity index (χ1n) is 8.69. The van der Waals surface area contributed by atoms with Crippen LogP contribution >= 0.6 is 0 Å². The Morgan fingerprint density at radius 3 is 2.71 bits per heavy atom. The molecule has 0 atom stereocenters. The van der Waals surface area contributed by atoms with E-state index in [4.69, 9.17) is 9.15 Å². The summed E-state index contributed by atoms with van der Waals surface area (Å²) in [6, 6.07) is 2.89. The fourth-order valence-electron chi connectivity index (χ4n) is 2.53. The molecule has 1 aliphatic carbocycles. The Kier molecular flexibility index (Phi) is 7.31. The summed E-state index contributed by atoms with van der Waals surface area (Å²) in [7, 11) is 0. The first-order chi connectivity index (χ1) is 10.3. The molecule has 21 heavy (non-hydrogen) atoms. The van der Waals surface area contributed by atoms with Crippen molar-refractivity contribution in [3.63, 3.8) is 0 Å². The second kappa shape index (κ2) is 9.26. The number of unbranched alkanes of at least 4 members (excludes halogenated alkanes) is 5. The van der Waals surface area contributed by atoms with E-state index in [0.717, 1.165) is 30.7 Å². The summed E-state index contributed by atoms with van der Waals surface area (Å²) >= 11 is 0.